The second-order valence-electron chi connectivity index (χ2n) is 7.13. The molecule has 1 aliphatic rings. The maximum absolute atomic E-state index is 12.9. The number of hydrogen-bond donors (Lipinski definition) is 1. The molecule has 0 atom stereocenters. The highest BCUT2D eigenvalue weighted by Gasteiger charge is 2.22. The first-order chi connectivity index (χ1) is 13.9. The zero-order chi connectivity index (χ0) is 20.8. The number of carbonyl (C=O) groups is 2. The van der Waals surface area contributed by atoms with Gasteiger partial charge < -0.3 is 15.1 Å². The van der Waals surface area contributed by atoms with Crippen LogP contribution in [0, 0.1) is 19.7 Å². The van der Waals surface area contributed by atoms with Gasteiger partial charge in [-0.05, 0) is 55.3 Å². The van der Waals surface area contributed by atoms with E-state index in [1.807, 2.05) is 4.90 Å². The van der Waals surface area contributed by atoms with Crippen LogP contribution in [0.1, 0.15) is 11.1 Å². The number of piperazine rings is 1. The van der Waals surface area contributed by atoms with Gasteiger partial charge in [-0.2, -0.15) is 0 Å². The second kappa shape index (κ2) is 9.78. The van der Waals surface area contributed by atoms with Gasteiger partial charge in [0.2, 0.25) is 11.8 Å². The van der Waals surface area contributed by atoms with Gasteiger partial charge in [0.1, 0.15) is 5.82 Å². The first kappa shape index (κ1) is 21.2. The van der Waals surface area contributed by atoms with Crippen LogP contribution < -0.4 is 10.2 Å². The van der Waals surface area contributed by atoms with Gasteiger partial charge in [-0.25, -0.2) is 4.39 Å². The molecule has 1 fully saturated rings. The fourth-order valence-corrected chi connectivity index (χ4v) is 4.04. The fraction of sp³-hybridized carbons (Fsp3) is 0.364. The Morgan fingerprint density at radius 2 is 1.69 bits per heavy atom. The molecule has 0 bridgehead atoms. The van der Waals surface area contributed by atoms with Crippen molar-refractivity contribution >= 4 is 35.0 Å². The number of aryl methyl sites for hydroxylation is 1. The van der Waals surface area contributed by atoms with Crippen LogP contribution in [0.25, 0.3) is 0 Å². The molecule has 3 rings (SSSR count). The lowest BCUT2D eigenvalue weighted by Crippen LogP contribution is -2.49. The number of rotatable bonds is 6. The molecule has 29 heavy (non-hydrogen) atoms. The topological polar surface area (TPSA) is 52.7 Å². The van der Waals surface area contributed by atoms with Gasteiger partial charge in [-0.15, -0.1) is 11.8 Å². The van der Waals surface area contributed by atoms with Crippen molar-refractivity contribution in [1.29, 1.82) is 0 Å². The number of anilines is 2. The minimum absolute atomic E-state index is 0.0604. The summed E-state index contributed by atoms with van der Waals surface area (Å²) in [4.78, 5) is 28.6. The summed E-state index contributed by atoms with van der Waals surface area (Å²) in [5, 5.41) is 2.70. The zero-order valence-corrected chi connectivity index (χ0v) is 17.6. The Hall–Kier alpha value is -2.54. The standard InChI is InChI=1S/C22H26FN3O2S/c1-16-4-3-5-20(17(16)2)25-10-12-26(13-11-25)22(28)15-29-14-21(27)24-19-8-6-18(23)7-9-19/h3-9H,10-15H2,1-2H3,(H,24,27). The SMILES string of the molecule is Cc1cccc(N2CCN(C(=O)CSCC(=O)Nc3ccc(F)cc3)CC2)c1C. The number of carbonyl (C=O) groups excluding carboxylic acids is 2. The van der Waals surface area contributed by atoms with Crippen molar-refractivity contribution in [2.24, 2.45) is 0 Å². The Bertz CT molecular complexity index is 865. The molecule has 5 nitrogen and oxygen atoms in total. The molecule has 0 spiro atoms. The summed E-state index contributed by atoms with van der Waals surface area (Å²) in [6.45, 7) is 7.25. The maximum Gasteiger partial charge on any atom is 0.234 e. The molecule has 2 aromatic rings. The molecule has 7 heteroatoms. The van der Waals surface area contributed by atoms with Gasteiger partial charge >= 0.3 is 0 Å². The highest BCUT2D eigenvalue weighted by Crippen LogP contribution is 2.24. The van der Waals surface area contributed by atoms with E-state index >= 15 is 0 Å². The molecule has 1 heterocycles. The average Bonchev–Trinajstić information content (AvgIpc) is 2.72. The highest BCUT2D eigenvalue weighted by atomic mass is 32.2. The van der Waals surface area contributed by atoms with E-state index in [-0.39, 0.29) is 29.1 Å². The van der Waals surface area contributed by atoms with Crippen LogP contribution in [0.15, 0.2) is 42.5 Å². The van der Waals surface area contributed by atoms with Crippen molar-refractivity contribution in [3.05, 3.63) is 59.4 Å². The third kappa shape index (κ3) is 5.73. The fourth-order valence-electron chi connectivity index (χ4n) is 3.33. The Labute approximate surface area is 175 Å². The number of amides is 2. The first-order valence-corrected chi connectivity index (χ1v) is 10.8. The van der Waals surface area contributed by atoms with E-state index in [2.05, 4.69) is 42.3 Å². The van der Waals surface area contributed by atoms with E-state index in [1.54, 1.807) is 0 Å². The molecule has 1 aliphatic heterocycles. The Morgan fingerprint density at radius 1 is 1.00 bits per heavy atom. The smallest absolute Gasteiger partial charge is 0.234 e. The van der Waals surface area contributed by atoms with Crippen molar-refractivity contribution < 1.29 is 14.0 Å². The molecule has 0 radical (unpaired) electrons. The van der Waals surface area contributed by atoms with Crippen molar-refractivity contribution in [2.75, 3.05) is 47.9 Å². The molecule has 2 aromatic carbocycles. The minimum atomic E-state index is -0.347. The predicted molar refractivity (Wildman–Crippen MR) is 117 cm³/mol. The normalized spacial score (nSPS) is 14.0. The van der Waals surface area contributed by atoms with Gasteiger partial charge in [0.05, 0.1) is 11.5 Å². The van der Waals surface area contributed by atoms with Crippen molar-refractivity contribution in [3.8, 4) is 0 Å². The summed E-state index contributed by atoms with van der Waals surface area (Å²) in [5.74, 6) is -0.0220. The number of thioether (sulfide) groups is 1. The minimum Gasteiger partial charge on any atom is -0.368 e. The lowest BCUT2D eigenvalue weighted by atomic mass is 10.1. The summed E-state index contributed by atoms with van der Waals surface area (Å²) < 4.78 is 12.9. The lowest BCUT2D eigenvalue weighted by Gasteiger charge is -2.37. The zero-order valence-electron chi connectivity index (χ0n) is 16.8. The van der Waals surface area contributed by atoms with E-state index in [9.17, 15) is 14.0 Å². The van der Waals surface area contributed by atoms with Gasteiger partial charge in [0.25, 0.3) is 0 Å². The van der Waals surface area contributed by atoms with Crippen LogP contribution >= 0.6 is 11.8 Å². The van der Waals surface area contributed by atoms with Crippen molar-refractivity contribution in [3.63, 3.8) is 0 Å². The molecule has 0 unspecified atom stereocenters. The van der Waals surface area contributed by atoms with Crippen LogP contribution in [-0.4, -0.2) is 54.4 Å². The van der Waals surface area contributed by atoms with Crippen molar-refractivity contribution in [2.45, 2.75) is 13.8 Å². The number of nitrogens with zero attached hydrogens (tertiary/aromatic N) is 2. The number of hydrogen-bond acceptors (Lipinski definition) is 4. The molecule has 154 valence electrons. The molecular formula is C22H26FN3O2S. The first-order valence-electron chi connectivity index (χ1n) is 9.66. The Kier molecular flexibility index (Phi) is 7.14. The monoisotopic (exact) mass is 415 g/mol. The van der Waals surface area contributed by atoms with E-state index in [1.165, 1.54) is 52.8 Å². The number of nitrogens with one attached hydrogen (secondary N) is 1. The van der Waals surface area contributed by atoms with Crippen LogP contribution in [0.5, 0.6) is 0 Å². The summed E-state index contributed by atoms with van der Waals surface area (Å²) in [5.41, 5.74) is 4.35. The van der Waals surface area contributed by atoms with Crippen molar-refractivity contribution in [1.82, 2.24) is 4.90 Å². The summed E-state index contributed by atoms with van der Waals surface area (Å²) >= 11 is 1.30. The van der Waals surface area contributed by atoms with Crippen LogP contribution in [0.4, 0.5) is 15.8 Å². The third-order valence-electron chi connectivity index (χ3n) is 5.14. The second-order valence-corrected chi connectivity index (χ2v) is 8.12. The van der Waals surface area contributed by atoms with E-state index in [0.717, 1.165) is 13.1 Å². The van der Waals surface area contributed by atoms with Crippen LogP contribution in [0.3, 0.4) is 0 Å². The molecule has 0 aromatic heterocycles. The molecule has 1 N–H and O–H groups in total. The van der Waals surface area contributed by atoms with Gasteiger partial charge in [-0.1, -0.05) is 12.1 Å². The molecule has 2 amide bonds. The summed E-state index contributed by atoms with van der Waals surface area (Å²) in [6, 6.07) is 11.9. The molecule has 0 saturated carbocycles. The van der Waals surface area contributed by atoms with Crippen LogP contribution in [-0.2, 0) is 9.59 Å². The average molecular weight is 416 g/mol. The quantitative estimate of drug-likeness (QED) is 0.785. The predicted octanol–water partition coefficient (Wildman–Crippen LogP) is 3.46. The Balaban J connectivity index is 1.40. The molecule has 0 aliphatic carbocycles. The van der Waals surface area contributed by atoms with E-state index in [0.29, 0.717) is 18.8 Å². The summed E-state index contributed by atoms with van der Waals surface area (Å²) in [7, 11) is 0. The maximum atomic E-state index is 12.9. The van der Waals surface area contributed by atoms with Gasteiger partial charge in [-0.3, -0.25) is 9.59 Å². The van der Waals surface area contributed by atoms with E-state index < -0.39 is 0 Å². The van der Waals surface area contributed by atoms with Crippen LogP contribution in [0.2, 0.25) is 0 Å². The number of benzene rings is 2. The summed E-state index contributed by atoms with van der Waals surface area (Å²) in [6.07, 6.45) is 0. The largest absolute Gasteiger partial charge is 0.368 e. The number of halogens is 1. The van der Waals surface area contributed by atoms with Gasteiger partial charge in [0, 0.05) is 37.6 Å². The van der Waals surface area contributed by atoms with Gasteiger partial charge in [0.15, 0.2) is 0 Å². The van der Waals surface area contributed by atoms with E-state index in [4.69, 9.17) is 0 Å². The molecular weight excluding hydrogens is 389 g/mol. The third-order valence-corrected chi connectivity index (χ3v) is 6.05. The lowest BCUT2D eigenvalue weighted by molar-refractivity contribution is -0.128. The highest BCUT2D eigenvalue weighted by molar-refractivity contribution is 8.00. The Morgan fingerprint density at radius 3 is 2.38 bits per heavy atom. The molecule has 1 saturated heterocycles.